The van der Waals surface area contributed by atoms with E-state index in [2.05, 4.69) is 31.9 Å². The average Bonchev–Trinajstić information content (AvgIpc) is 1.97. The second-order valence-corrected chi connectivity index (χ2v) is 6.21. The molecule has 0 fully saturated rings. The van der Waals surface area contributed by atoms with E-state index in [9.17, 15) is 13.5 Å². The third-order valence-electron chi connectivity index (χ3n) is 1.40. The molecule has 0 N–H and O–H groups in total. The van der Waals surface area contributed by atoms with Crippen LogP contribution in [0.3, 0.4) is 0 Å². The number of halogens is 2. The predicted octanol–water partition coefficient (Wildman–Crippen LogP) is -1.31. The molecule has 3 nitrogen and oxygen atoms in total. The first-order valence-corrected chi connectivity index (χ1v) is 6.66. The zero-order chi connectivity index (χ0) is 10.2. The number of hydrogen-bond donors (Lipinski definition) is 0. The van der Waals surface area contributed by atoms with Crippen LogP contribution in [0.1, 0.15) is 0 Å². The van der Waals surface area contributed by atoms with Crippen molar-refractivity contribution in [1.82, 2.24) is 0 Å². The van der Waals surface area contributed by atoms with Crippen LogP contribution < -0.4 is 34.7 Å². The molecule has 14 heavy (non-hydrogen) atoms. The van der Waals surface area contributed by atoms with Gasteiger partial charge in [0.05, 0.1) is 4.90 Å². The van der Waals surface area contributed by atoms with Gasteiger partial charge >= 0.3 is 29.6 Å². The largest absolute Gasteiger partial charge is 1.00 e. The minimum absolute atomic E-state index is 0. The Kier molecular flexibility index (Phi) is 5.67. The summed E-state index contributed by atoms with van der Waals surface area (Å²) in [6.07, 6.45) is 1.09. The molecule has 0 saturated carbocycles. The van der Waals surface area contributed by atoms with Crippen molar-refractivity contribution in [3.8, 4) is 5.75 Å². The van der Waals surface area contributed by atoms with Gasteiger partial charge in [0.15, 0.2) is 9.84 Å². The summed E-state index contributed by atoms with van der Waals surface area (Å²) < 4.78 is 22.7. The van der Waals surface area contributed by atoms with E-state index in [1.165, 1.54) is 12.1 Å². The summed E-state index contributed by atoms with van der Waals surface area (Å²) in [6, 6.07) is 2.59. The number of benzene rings is 1. The van der Waals surface area contributed by atoms with E-state index >= 15 is 0 Å². The molecule has 1 rings (SSSR count). The second-order valence-electron chi connectivity index (χ2n) is 2.49. The van der Waals surface area contributed by atoms with E-state index in [0.29, 0.717) is 0 Å². The Labute approximate surface area is 121 Å². The topological polar surface area (TPSA) is 57.2 Å². The standard InChI is InChI=1S/C7H6Br2O3S.Na/c1-13(11,12)4-2-5(8)7(10)6(9)3-4;/h2-3,10H,1H3;/q;+1/p-1. The van der Waals surface area contributed by atoms with Crippen LogP contribution in [0.15, 0.2) is 26.0 Å². The molecule has 1 aromatic carbocycles. The molecular weight excluding hydrogens is 347 g/mol. The van der Waals surface area contributed by atoms with Gasteiger partial charge in [0, 0.05) is 15.2 Å². The summed E-state index contributed by atoms with van der Waals surface area (Å²) in [6.45, 7) is 0. The third kappa shape index (κ3) is 3.50. The van der Waals surface area contributed by atoms with Crippen molar-refractivity contribution < 1.29 is 43.1 Å². The summed E-state index contributed by atoms with van der Waals surface area (Å²) in [4.78, 5) is 0.117. The van der Waals surface area contributed by atoms with Gasteiger partial charge in [-0.25, -0.2) is 8.42 Å². The quantitative estimate of drug-likeness (QED) is 0.590. The Hall–Kier alpha value is 0.930. The van der Waals surface area contributed by atoms with Crippen LogP contribution in [-0.2, 0) is 9.84 Å². The van der Waals surface area contributed by atoms with Crippen molar-refractivity contribution in [2.75, 3.05) is 6.26 Å². The Morgan fingerprint density at radius 1 is 1.21 bits per heavy atom. The minimum atomic E-state index is -3.26. The first kappa shape index (κ1) is 14.9. The maximum atomic E-state index is 11.2. The molecule has 0 atom stereocenters. The third-order valence-corrected chi connectivity index (χ3v) is 3.67. The minimum Gasteiger partial charge on any atom is -0.871 e. The molecule has 72 valence electrons. The fourth-order valence-electron chi connectivity index (χ4n) is 0.751. The van der Waals surface area contributed by atoms with Crippen molar-refractivity contribution >= 4 is 41.7 Å². The normalized spacial score (nSPS) is 10.8. The van der Waals surface area contributed by atoms with Crippen LogP contribution in [0.5, 0.6) is 5.75 Å². The molecule has 0 heterocycles. The van der Waals surface area contributed by atoms with Crippen LogP contribution in [0, 0.1) is 0 Å². The Morgan fingerprint density at radius 2 is 1.57 bits per heavy atom. The van der Waals surface area contributed by atoms with E-state index in [1.807, 2.05) is 0 Å². The molecule has 0 aromatic heterocycles. The molecule has 0 aliphatic heterocycles. The Morgan fingerprint density at radius 3 is 1.86 bits per heavy atom. The van der Waals surface area contributed by atoms with Crippen molar-refractivity contribution in [3.05, 3.63) is 21.1 Å². The van der Waals surface area contributed by atoms with E-state index < -0.39 is 9.84 Å². The second kappa shape index (κ2) is 5.32. The summed E-state index contributed by atoms with van der Waals surface area (Å²) in [5, 5.41) is 11.2. The zero-order valence-electron chi connectivity index (χ0n) is 7.54. The molecule has 1 aromatic rings. The molecule has 0 spiro atoms. The van der Waals surface area contributed by atoms with Crippen molar-refractivity contribution in [3.63, 3.8) is 0 Å². The summed E-state index contributed by atoms with van der Waals surface area (Å²) in [7, 11) is -3.26. The van der Waals surface area contributed by atoms with Gasteiger partial charge in [-0.05, 0) is 12.1 Å². The van der Waals surface area contributed by atoms with Gasteiger partial charge in [0.25, 0.3) is 0 Å². The van der Waals surface area contributed by atoms with E-state index in [4.69, 9.17) is 0 Å². The van der Waals surface area contributed by atoms with Crippen molar-refractivity contribution in [2.24, 2.45) is 0 Å². The molecule has 7 heteroatoms. The molecule has 0 aliphatic rings. The maximum absolute atomic E-state index is 11.2. The Bertz CT molecular complexity index is 421. The van der Waals surface area contributed by atoms with Gasteiger partial charge in [0.1, 0.15) is 0 Å². The molecule has 0 bridgehead atoms. The zero-order valence-corrected chi connectivity index (χ0v) is 13.5. The smallest absolute Gasteiger partial charge is 0.871 e. The fraction of sp³-hybridized carbons (Fsp3) is 0.143. The Balaban J connectivity index is 0.00000169. The van der Waals surface area contributed by atoms with Gasteiger partial charge in [0.2, 0.25) is 0 Å². The monoisotopic (exact) mass is 350 g/mol. The van der Waals surface area contributed by atoms with Crippen LogP contribution in [0.2, 0.25) is 0 Å². The molecule has 0 saturated heterocycles. The van der Waals surface area contributed by atoms with Crippen LogP contribution in [-0.4, -0.2) is 14.7 Å². The maximum Gasteiger partial charge on any atom is 1.00 e. The predicted molar refractivity (Wildman–Crippen MR) is 54.4 cm³/mol. The SMILES string of the molecule is CS(=O)(=O)c1cc(Br)c([O-])c(Br)c1.[Na+]. The number of sulfone groups is 1. The first-order chi connectivity index (χ1) is 5.82. The molecule has 0 radical (unpaired) electrons. The van der Waals surface area contributed by atoms with E-state index in [1.54, 1.807) is 0 Å². The summed E-state index contributed by atoms with van der Waals surface area (Å²) >= 11 is 5.96. The van der Waals surface area contributed by atoms with Gasteiger partial charge in [-0.1, -0.05) is 37.6 Å². The molecule has 0 aliphatic carbocycles. The van der Waals surface area contributed by atoms with Gasteiger partial charge in [-0.2, -0.15) is 0 Å². The van der Waals surface area contributed by atoms with E-state index in [0.717, 1.165) is 6.26 Å². The van der Waals surface area contributed by atoms with E-state index in [-0.39, 0.29) is 49.1 Å². The summed E-state index contributed by atoms with van der Waals surface area (Å²) in [5.41, 5.74) is 0. The number of hydrogen-bond acceptors (Lipinski definition) is 3. The van der Waals surface area contributed by atoms with Crippen LogP contribution in [0.25, 0.3) is 0 Å². The molecule has 0 amide bonds. The van der Waals surface area contributed by atoms with Gasteiger partial charge in [-0.3, -0.25) is 0 Å². The first-order valence-electron chi connectivity index (χ1n) is 3.18. The fourth-order valence-corrected chi connectivity index (χ4v) is 2.90. The molecular formula is C7H5Br2NaO3S. The molecule has 0 unspecified atom stereocenters. The van der Waals surface area contributed by atoms with Gasteiger partial charge < -0.3 is 5.11 Å². The van der Waals surface area contributed by atoms with Crippen LogP contribution >= 0.6 is 31.9 Å². The van der Waals surface area contributed by atoms with Crippen molar-refractivity contribution in [2.45, 2.75) is 4.90 Å². The van der Waals surface area contributed by atoms with Crippen LogP contribution in [0.4, 0.5) is 0 Å². The average molecular weight is 352 g/mol. The van der Waals surface area contributed by atoms with Gasteiger partial charge in [-0.15, -0.1) is 0 Å². The van der Waals surface area contributed by atoms with Crippen molar-refractivity contribution in [1.29, 1.82) is 0 Å². The number of rotatable bonds is 1. The summed E-state index contributed by atoms with van der Waals surface area (Å²) in [5.74, 6) is -0.257.